The van der Waals surface area contributed by atoms with Gasteiger partial charge in [-0.25, -0.2) is 4.79 Å². The molecule has 1 fully saturated rings. The monoisotopic (exact) mass is 331 g/mol. The van der Waals surface area contributed by atoms with Crippen molar-refractivity contribution in [3.05, 3.63) is 21.3 Å². The molecular weight excluding hydrogens is 314 g/mol. The highest BCUT2D eigenvalue weighted by atomic mass is 35.5. The maximum Gasteiger partial charge on any atom is 0.411 e. The first-order valence-corrected chi connectivity index (χ1v) is 7.90. The first-order valence-electron chi connectivity index (χ1n) is 6.64. The van der Waals surface area contributed by atoms with Crippen molar-refractivity contribution < 1.29 is 19.1 Å². The molecule has 2 rings (SSSR count). The Hall–Kier alpha value is -1.11. The molecule has 2 heterocycles. The van der Waals surface area contributed by atoms with Crippen molar-refractivity contribution in [2.75, 3.05) is 19.8 Å². The van der Waals surface area contributed by atoms with Gasteiger partial charge >= 0.3 is 6.09 Å². The maximum absolute atomic E-state index is 12.6. The topological polar surface area (TPSA) is 55.8 Å². The SMILES string of the molecule is CC(C)(C)OC(=O)N1CCOCC1C(=O)c1sccc1Cl. The second kappa shape index (κ2) is 6.34. The number of carbonyl (C=O) groups excluding carboxylic acids is 2. The lowest BCUT2D eigenvalue weighted by molar-refractivity contribution is -0.0264. The number of ketones is 1. The lowest BCUT2D eigenvalue weighted by Crippen LogP contribution is -2.53. The molecule has 7 heteroatoms. The van der Waals surface area contributed by atoms with Gasteiger partial charge in [-0.15, -0.1) is 11.3 Å². The molecule has 1 aromatic rings. The number of amides is 1. The molecule has 1 aromatic heterocycles. The molecule has 0 N–H and O–H groups in total. The van der Waals surface area contributed by atoms with E-state index in [0.717, 1.165) is 0 Å². The van der Waals surface area contributed by atoms with Crippen molar-refractivity contribution in [3.8, 4) is 0 Å². The van der Waals surface area contributed by atoms with E-state index in [2.05, 4.69) is 0 Å². The minimum absolute atomic E-state index is 0.159. The van der Waals surface area contributed by atoms with Crippen LogP contribution in [-0.2, 0) is 9.47 Å². The lowest BCUT2D eigenvalue weighted by atomic mass is 10.1. The van der Waals surface area contributed by atoms with Gasteiger partial charge in [-0.2, -0.15) is 0 Å². The van der Waals surface area contributed by atoms with Gasteiger partial charge in [-0.1, -0.05) is 11.6 Å². The predicted molar refractivity (Wildman–Crippen MR) is 81.2 cm³/mol. The number of thiophene rings is 1. The highest BCUT2D eigenvalue weighted by Gasteiger charge is 2.36. The van der Waals surface area contributed by atoms with E-state index in [1.807, 2.05) is 0 Å². The molecule has 116 valence electrons. The molecule has 0 aliphatic carbocycles. The van der Waals surface area contributed by atoms with Crippen molar-refractivity contribution in [2.24, 2.45) is 0 Å². The first kappa shape index (κ1) is 16.3. The summed E-state index contributed by atoms with van der Waals surface area (Å²) in [4.78, 5) is 26.7. The molecule has 1 unspecified atom stereocenters. The van der Waals surface area contributed by atoms with Gasteiger partial charge in [0.05, 0.1) is 23.1 Å². The van der Waals surface area contributed by atoms with Gasteiger partial charge in [0.2, 0.25) is 0 Å². The quantitative estimate of drug-likeness (QED) is 0.781. The van der Waals surface area contributed by atoms with Gasteiger partial charge in [0.1, 0.15) is 11.6 Å². The van der Waals surface area contributed by atoms with Crippen LogP contribution in [0.4, 0.5) is 4.79 Å². The maximum atomic E-state index is 12.6. The second-order valence-corrected chi connectivity index (χ2v) is 7.05. The number of carbonyl (C=O) groups is 2. The van der Waals surface area contributed by atoms with E-state index in [1.165, 1.54) is 16.2 Å². The Morgan fingerprint density at radius 1 is 1.48 bits per heavy atom. The zero-order chi connectivity index (χ0) is 15.6. The summed E-state index contributed by atoms with van der Waals surface area (Å²) < 4.78 is 10.7. The summed E-state index contributed by atoms with van der Waals surface area (Å²) in [5, 5.41) is 2.15. The van der Waals surface area contributed by atoms with E-state index in [0.29, 0.717) is 23.1 Å². The van der Waals surface area contributed by atoms with Gasteiger partial charge in [-0.3, -0.25) is 9.69 Å². The summed E-state index contributed by atoms with van der Waals surface area (Å²) in [5.74, 6) is -0.208. The number of morpholine rings is 1. The summed E-state index contributed by atoms with van der Waals surface area (Å²) in [6, 6.07) is 0.978. The Kier molecular flexibility index (Phi) is 4.91. The van der Waals surface area contributed by atoms with Gasteiger partial charge in [0.25, 0.3) is 0 Å². The molecule has 0 spiro atoms. The van der Waals surface area contributed by atoms with Crippen LogP contribution in [-0.4, -0.2) is 48.2 Å². The smallest absolute Gasteiger partial charge is 0.411 e. The molecule has 1 atom stereocenters. The van der Waals surface area contributed by atoms with Crippen LogP contribution in [0.15, 0.2) is 11.4 Å². The van der Waals surface area contributed by atoms with Gasteiger partial charge in [0.15, 0.2) is 5.78 Å². The highest BCUT2D eigenvalue weighted by molar-refractivity contribution is 7.12. The molecular formula is C14H18ClNO4S. The van der Waals surface area contributed by atoms with E-state index in [1.54, 1.807) is 32.2 Å². The second-order valence-electron chi connectivity index (χ2n) is 5.73. The Balaban J connectivity index is 2.18. The molecule has 1 saturated heterocycles. The lowest BCUT2D eigenvalue weighted by Gasteiger charge is -2.35. The fraction of sp³-hybridized carbons (Fsp3) is 0.571. The summed E-state index contributed by atoms with van der Waals surface area (Å²) in [7, 11) is 0. The van der Waals surface area contributed by atoms with E-state index < -0.39 is 17.7 Å². The van der Waals surface area contributed by atoms with E-state index in [9.17, 15) is 9.59 Å². The number of Topliss-reactive ketones (excluding diaryl/α,β-unsaturated/α-hetero) is 1. The van der Waals surface area contributed by atoms with Crippen LogP contribution in [0.2, 0.25) is 5.02 Å². The molecule has 0 saturated carbocycles. The summed E-state index contributed by atoms with van der Waals surface area (Å²) in [6.45, 7) is 6.25. The molecule has 1 amide bonds. The first-order chi connectivity index (χ1) is 9.79. The van der Waals surface area contributed by atoms with Crippen molar-refractivity contribution in [1.82, 2.24) is 4.90 Å². The minimum Gasteiger partial charge on any atom is -0.444 e. The third-order valence-corrected chi connectivity index (χ3v) is 4.26. The van der Waals surface area contributed by atoms with Crippen molar-refractivity contribution >= 4 is 34.8 Å². The van der Waals surface area contributed by atoms with E-state index in [4.69, 9.17) is 21.1 Å². The largest absolute Gasteiger partial charge is 0.444 e. The van der Waals surface area contributed by atoms with Crippen LogP contribution in [0.3, 0.4) is 0 Å². The Morgan fingerprint density at radius 3 is 2.76 bits per heavy atom. The van der Waals surface area contributed by atoms with Crippen LogP contribution < -0.4 is 0 Å². The standard InChI is InChI=1S/C14H18ClNO4S/c1-14(2,3)20-13(18)16-5-6-19-8-10(16)11(17)12-9(15)4-7-21-12/h4,7,10H,5-6,8H2,1-3H3. The molecule has 0 radical (unpaired) electrons. The summed E-state index contributed by atoms with van der Waals surface area (Å²) >= 11 is 7.26. The average molecular weight is 332 g/mol. The van der Waals surface area contributed by atoms with Crippen LogP contribution in [0, 0.1) is 0 Å². The number of ether oxygens (including phenoxy) is 2. The average Bonchev–Trinajstić information content (AvgIpc) is 2.82. The summed E-state index contributed by atoms with van der Waals surface area (Å²) in [6.07, 6.45) is -0.503. The van der Waals surface area contributed by atoms with E-state index in [-0.39, 0.29) is 12.4 Å². The van der Waals surface area contributed by atoms with Gasteiger partial charge < -0.3 is 9.47 Å². The number of rotatable bonds is 2. The zero-order valence-electron chi connectivity index (χ0n) is 12.2. The van der Waals surface area contributed by atoms with Gasteiger partial charge in [0, 0.05) is 6.54 Å². The van der Waals surface area contributed by atoms with Gasteiger partial charge in [-0.05, 0) is 32.2 Å². The third kappa shape index (κ3) is 3.96. The molecule has 5 nitrogen and oxygen atoms in total. The number of hydrogen-bond donors (Lipinski definition) is 0. The zero-order valence-corrected chi connectivity index (χ0v) is 13.8. The highest BCUT2D eigenvalue weighted by Crippen LogP contribution is 2.26. The summed E-state index contributed by atoms with van der Waals surface area (Å²) in [5.41, 5.74) is -0.608. The van der Waals surface area contributed by atoms with Crippen molar-refractivity contribution in [1.29, 1.82) is 0 Å². The Bertz CT molecular complexity index is 537. The van der Waals surface area contributed by atoms with Crippen molar-refractivity contribution in [2.45, 2.75) is 32.4 Å². The van der Waals surface area contributed by atoms with E-state index >= 15 is 0 Å². The van der Waals surface area contributed by atoms with Crippen LogP contribution >= 0.6 is 22.9 Å². The molecule has 1 aliphatic heterocycles. The number of halogens is 1. The fourth-order valence-electron chi connectivity index (χ4n) is 1.98. The molecule has 21 heavy (non-hydrogen) atoms. The number of hydrogen-bond acceptors (Lipinski definition) is 5. The minimum atomic E-state index is -0.690. The Morgan fingerprint density at radius 2 is 2.19 bits per heavy atom. The number of nitrogens with zero attached hydrogens (tertiary/aromatic N) is 1. The normalized spacial score (nSPS) is 19.4. The van der Waals surface area contributed by atoms with Crippen molar-refractivity contribution in [3.63, 3.8) is 0 Å². The molecule has 0 bridgehead atoms. The molecule has 0 aromatic carbocycles. The third-order valence-electron chi connectivity index (χ3n) is 2.90. The van der Waals surface area contributed by atoms with Crippen LogP contribution in [0.1, 0.15) is 30.4 Å². The fourth-order valence-corrected chi connectivity index (χ4v) is 3.12. The predicted octanol–water partition coefficient (Wildman–Crippen LogP) is 3.22. The molecule has 1 aliphatic rings. The van der Waals surface area contributed by atoms with Crippen LogP contribution in [0.25, 0.3) is 0 Å². The van der Waals surface area contributed by atoms with Crippen LogP contribution in [0.5, 0.6) is 0 Å². The Labute approximate surface area is 132 Å².